The second-order valence-corrected chi connectivity index (χ2v) is 5.60. The van der Waals surface area contributed by atoms with Crippen LogP contribution in [0.3, 0.4) is 0 Å². The molecular weight excluding hydrogens is 321 g/mol. The van der Waals surface area contributed by atoms with E-state index in [1.165, 1.54) is 6.07 Å². The SMILES string of the molecule is O=C(Nc1cnn(Cc2ccccc2)c1)c1[nH]nc2c(F)cccc12. The Kier molecular flexibility index (Phi) is 3.74. The number of carbonyl (C=O) groups is 1. The highest BCUT2D eigenvalue weighted by atomic mass is 19.1. The van der Waals surface area contributed by atoms with Crippen molar-refractivity contribution in [3.05, 3.63) is 78.0 Å². The van der Waals surface area contributed by atoms with E-state index in [9.17, 15) is 9.18 Å². The quantitative estimate of drug-likeness (QED) is 0.601. The van der Waals surface area contributed by atoms with Crippen LogP contribution in [0, 0.1) is 5.82 Å². The highest BCUT2D eigenvalue weighted by molar-refractivity contribution is 6.11. The van der Waals surface area contributed by atoms with E-state index in [2.05, 4.69) is 20.6 Å². The minimum atomic E-state index is -0.469. The third kappa shape index (κ3) is 2.99. The van der Waals surface area contributed by atoms with E-state index in [1.54, 1.807) is 29.2 Å². The van der Waals surface area contributed by atoms with Crippen molar-refractivity contribution in [1.29, 1.82) is 0 Å². The molecule has 6 nitrogen and oxygen atoms in total. The molecule has 0 fully saturated rings. The van der Waals surface area contributed by atoms with Gasteiger partial charge in [-0.15, -0.1) is 0 Å². The van der Waals surface area contributed by atoms with E-state index >= 15 is 0 Å². The lowest BCUT2D eigenvalue weighted by Gasteiger charge is -2.02. The van der Waals surface area contributed by atoms with Crippen LogP contribution in [0.5, 0.6) is 0 Å². The Balaban J connectivity index is 1.52. The molecule has 0 aliphatic rings. The number of H-pyrrole nitrogens is 1. The highest BCUT2D eigenvalue weighted by Gasteiger charge is 2.16. The van der Waals surface area contributed by atoms with Crippen molar-refractivity contribution in [3.8, 4) is 0 Å². The molecule has 2 N–H and O–H groups in total. The lowest BCUT2D eigenvalue weighted by atomic mass is 10.2. The molecule has 0 unspecified atom stereocenters. The van der Waals surface area contributed by atoms with E-state index in [1.807, 2.05) is 30.3 Å². The standard InChI is InChI=1S/C18H14FN5O/c19-15-8-4-7-14-16(15)22-23-17(14)18(25)21-13-9-20-24(11-13)10-12-5-2-1-3-6-12/h1-9,11H,10H2,(H,21,25)(H,22,23). The number of aromatic nitrogens is 4. The number of halogens is 1. The van der Waals surface area contributed by atoms with E-state index in [-0.39, 0.29) is 11.2 Å². The van der Waals surface area contributed by atoms with Gasteiger partial charge in [-0.1, -0.05) is 42.5 Å². The van der Waals surface area contributed by atoms with Gasteiger partial charge in [0.15, 0.2) is 5.82 Å². The Morgan fingerprint density at radius 1 is 1.16 bits per heavy atom. The number of anilines is 1. The van der Waals surface area contributed by atoms with Crippen molar-refractivity contribution < 1.29 is 9.18 Å². The van der Waals surface area contributed by atoms with Crippen LogP contribution >= 0.6 is 0 Å². The van der Waals surface area contributed by atoms with Crippen LogP contribution in [0.2, 0.25) is 0 Å². The van der Waals surface area contributed by atoms with Crippen molar-refractivity contribution >= 4 is 22.5 Å². The molecule has 0 radical (unpaired) electrons. The molecule has 2 heterocycles. The highest BCUT2D eigenvalue weighted by Crippen LogP contribution is 2.19. The molecule has 0 aliphatic carbocycles. The largest absolute Gasteiger partial charge is 0.318 e. The molecule has 4 rings (SSSR count). The molecule has 0 atom stereocenters. The summed E-state index contributed by atoms with van der Waals surface area (Å²) in [4.78, 5) is 12.4. The van der Waals surface area contributed by atoms with Crippen LogP contribution in [-0.4, -0.2) is 25.9 Å². The summed E-state index contributed by atoms with van der Waals surface area (Å²) in [6, 6.07) is 14.4. The Morgan fingerprint density at radius 3 is 2.84 bits per heavy atom. The average Bonchev–Trinajstić information content (AvgIpc) is 3.23. The summed E-state index contributed by atoms with van der Waals surface area (Å²) in [5.41, 5.74) is 2.02. The van der Waals surface area contributed by atoms with Gasteiger partial charge in [0.05, 0.1) is 18.4 Å². The zero-order valence-electron chi connectivity index (χ0n) is 13.1. The first-order valence-corrected chi connectivity index (χ1v) is 7.71. The number of aromatic amines is 1. The van der Waals surface area contributed by atoms with Crippen molar-refractivity contribution in [2.45, 2.75) is 6.54 Å². The molecule has 0 spiro atoms. The molecule has 124 valence electrons. The van der Waals surface area contributed by atoms with Gasteiger partial charge in [0, 0.05) is 11.6 Å². The summed E-state index contributed by atoms with van der Waals surface area (Å²) in [6.07, 6.45) is 3.31. The zero-order valence-corrected chi connectivity index (χ0v) is 13.1. The predicted molar refractivity (Wildman–Crippen MR) is 91.8 cm³/mol. The Labute approximate surface area is 142 Å². The molecule has 4 aromatic rings. The maximum atomic E-state index is 13.7. The second kappa shape index (κ2) is 6.20. The number of para-hydroxylation sites is 1. The maximum Gasteiger partial charge on any atom is 0.274 e. The van der Waals surface area contributed by atoms with Crippen LogP contribution < -0.4 is 5.32 Å². The van der Waals surface area contributed by atoms with Gasteiger partial charge in [0.25, 0.3) is 5.91 Å². The van der Waals surface area contributed by atoms with Crippen LogP contribution in [0.15, 0.2) is 60.9 Å². The number of nitrogens with zero attached hydrogens (tertiary/aromatic N) is 3. The summed E-state index contributed by atoms with van der Waals surface area (Å²) >= 11 is 0. The Hall–Kier alpha value is -3.48. The minimum absolute atomic E-state index is 0.146. The van der Waals surface area contributed by atoms with Crippen molar-refractivity contribution in [3.63, 3.8) is 0 Å². The molecule has 2 aromatic heterocycles. The Morgan fingerprint density at radius 2 is 2.00 bits per heavy atom. The van der Waals surface area contributed by atoms with Crippen LogP contribution in [-0.2, 0) is 6.54 Å². The number of hydrogen-bond acceptors (Lipinski definition) is 3. The molecule has 25 heavy (non-hydrogen) atoms. The number of amides is 1. The summed E-state index contributed by atoms with van der Waals surface area (Å²) in [5, 5.41) is 13.9. The minimum Gasteiger partial charge on any atom is -0.318 e. The first kappa shape index (κ1) is 15.1. The number of benzene rings is 2. The smallest absolute Gasteiger partial charge is 0.274 e. The van der Waals surface area contributed by atoms with Crippen molar-refractivity contribution in [1.82, 2.24) is 20.0 Å². The van der Waals surface area contributed by atoms with E-state index in [0.717, 1.165) is 5.56 Å². The molecule has 1 amide bonds. The fourth-order valence-electron chi connectivity index (χ4n) is 2.65. The number of nitrogens with one attached hydrogen (secondary N) is 2. The number of hydrogen-bond donors (Lipinski definition) is 2. The second-order valence-electron chi connectivity index (χ2n) is 5.60. The topological polar surface area (TPSA) is 75.6 Å². The van der Waals surface area contributed by atoms with Gasteiger partial charge in [-0.3, -0.25) is 14.6 Å². The lowest BCUT2D eigenvalue weighted by Crippen LogP contribution is -2.12. The maximum absolute atomic E-state index is 13.7. The van der Waals surface area contributed by atoms with Crippen LogP contribution in [0.4, 0.5) is 10.1 Å². The predicted octanol–water partition coefficient (Wildman–Crippen LogP) is 3.20. The van der Waals surface area contributed by atoms with Crippen molar-refractivity contribution in [2.24, 2.45) is 0 Å². The fourth-order valence-corrected chi connectivity index (χ4v) is 2.65. The van der Waals surface area contributed by atoms with Gasteiger partial charge >= 0.3 is 0 Å². The first-order chi connectivity index (χ1) is 12.2. The molecule has 0 aliphatic heterocycles. The van der Waals surface area contributed by atoms with Gasteiger partial charge in [0.1, 0.15) is 11.2 Å². The number of fused-ring (bicyclic) bond motifs is 1. The molecule has 7 heteroatoms. The molecule has 0 bridgehead atoms. The van der Waals surface area contributed by atoms with Gasteiger partial charge in [-0.05, 0) is 11.6 Å². The monoisotopic (exact) mass is 335 g/mol. The summed E-state index contributed by atoms with van der Waals surface area (Å²) < 4.78 is 15.4. The summed E-state index contributed by atoms with van der Waals surface area (Å²) in [5.74, 6) is -0.865. The van der Waals surface area contributed by atoms with E-state index in [0.29, 0.717) is 17.6 Å². The number of rotatable bonds is 4. The van der Waals surface area contributed by atoms with Gasteiger partial charge in [-0.25, -0.2) is 4.39 Å². The molecule has 0 saturated carbocycles. The molecular formula is C18H14FN5O. The van der Waals surface area contributed by atoms with Gasteiger partial charge < -0.3 is 5.32 Å². The number of carbonyl (C=O) groups excluding carboxylic acids is 1. The fraction of sp³-hybridized carbons (Fsp3) is 0.0556. The van der Waals surface area contributed by atoms with E-state index in [4.69, 9.17) is 0 Å². The summed E-state index contributed by atoms with van der Waals surface area (Å²) in [6.45, 7) is 0.606. The van der Waals surface area contributed by atoms with Gasteiger partial charge in [-0.2, -0.15) is 10.2 Å². The first-order valence-electron chi connectivity index (χ1n) is 7.71. The normalized spacial score (nSPS) is 10.9. The van der Waals surface area contributed by atoms with Crippen LogP contribution in [0.25, 0.3) is 10.9 Å². The zero-order chi connectivity index (χ0) is 17.2. The van der Waals surface area contributed by atoms with Crippen LogP contribution in [0.1, 0.15) is 16.1 Å². The third-order valence-corrected chi connectivity index (χ3v) is 3.84. The molecule has 2 aromatic carbocycles. The van der Waals surface area contributed by atoms with Crippen molar-refractivity contribution in [2.75, 3.05) is 5.32 Å². The average molecular weight is 335 g/mol. The molecule has 0 saturated heterocycles. The lowest BCUT2D eigenvalue weighted by molar-refractivity contribution is 0.102. The Bertz CT molecular complexity index is 1040. The van der Waals surface area contributed by atoms with E-state index < -0.39 is 11.7 Å². The third-order valence-electron chi connectivity index (χ3n) is 3.84. The van der Waals surface area contributed by atoms with Gasteiger partial charge in [0.2, 0.25) is 0 Å². The summed E-state index contributed by atoms with van der Waals surface area (Å²) in [7, 11) is 0.